The summed E-state index contributed by atoms with van der Waals surface area (Å²) in [7, 11) is 0. The average molecular weight is 410 g/mol. The van der Waals surface area contributed by atoms with Gasteiger partial charge in [-0.15, -0.1) is 0 Å². The number of amides is 1. The van der Waals surface area contributed by atoms with Gasteiger partial charge in [-0.05, 0) is 37.6 Å². The molecule has 0 aliphatic rings. The lowest BCUT2D eigenvalue weighted by molar-refractivity contribution is -0.119. The highest BCUT2D eigenvalue weighted by Gasteiger charge is 2.15. The SMILES string of the molecule is CCCCCC(C)NC(=O)CSc1nc2ccccc2c(=O)n1-c1ccccc1. The monoisotopic (exact) mass is 409 g/mol. The molecule has 0 spiro atoms. The molecule has 152 valence electrons. The maximum Gasteiger partial charge on any atom is 0.266 e. The summed E-state index contributed by atoms with van der Waals surface area (Å²) in [5.74, 6) is 0.177. The van der Waals surface area contributed by atoms with Crippen molar-refractivity contribution in [3.63, 3.8) is 0 Å². The Morgan fingerprint density at radius 1 is 1.10 bits per heavy atom. The third kappa shape index (κ3) is 5.48. The molecule has 3 aromatic rings. The minimum atomic E-state index is -0.127. The van der Waals surface area contributed by atoms with Crippen molar-refractivity contribution in [1.29, 1.82) is 0 Å². The Hall–Kier alpha value is -2.60. The van der Waals surface area contributed by atoms with Crippen LogP contribution in [0.2, 0.25) is 0 Å². The zero-order valence-electron chi connectivity index (χ0n) is 16.9. The van der Waals surface area contributed by atoms with Crippen molar-refractivity contribution in [2.75, 3.05) is 5.75 Å². The van der Waals surface area contributed by atoms with Gasteiger partial charge < -0.3 is 5.32 Å². The van der Waals surface area contributed by atoms with Crippen LogP contribution < -0.4 is 10.9 Å². The smallest absolute Gasteiger partial charge is 0.266 e. The molecular formula is C23H27N3O2S. The quantitative estimate of drug-likeness (QED) is 0.320. The van der Waals surface area contributed by atoms with Crippen LogP contribution >= 0.6 is 11.8 Å². The number of fused-ring (bicyclic) bond motifs is 1. The van der Waals surface area contributed by atoms with Gasteiger partial charge in [0.1, 0.15) is 0 Å². The number of nitrogens with one attached hydrogen (secondary N) is 1. The van der Waals surface area contributed by atoms with Gasteiger partial charge in [0.15, 0.2) is 5.16 Å². The van der Waals surface area contributed by atoms with Crippen LogP contribution in [-0.4, -0.2) is 27.3 Å². The first-order valence-electron chi connectivity index (χ1n) is 10.1. The molecule has 1 unspecified atom stereocenters. The van der Waals surface area contributed by atoms with Gasteiger partial charge in [-0.25, -0.2) is 4.98 Å². The minimum absolute atomic E-state index is 0.0407. The van der Waals surface area contributed by atoms with Crippen LogP contribution in [0.1, 0.15) is 39.5 Å². The molecule has 6 heteroatoms. The number of thioether (sulfide) groups is 1. The van der Waals surface area contributed by atoms with E-state index in [4.69, 9.17) is 0 Å². The fourth-order valence-electron chi connectivity index (χ4n) is 3.23. The van der Waals surface area contributed by atoms with E-state index in [0.29, 0.717) is 16.1 Å². The molecule has 1 amide bonds. The van der Waals surface area contributed by atoms with Gasteiger partial charge in [-0.1, -0.05) is 68.3 Å². The second kappa shape index (κ2) is 10.3. The molecule has 0 saturated carbocycles. The fourth-order valence-corrected chi connectivity index (χ4v) is 4.06. The van der Waals surface area contributed by atoms with Crippen LogP contribution in [0.25, 0.3) is 16.6 Å². The van der Waals surface area contributed by atoms with E-state index in [-0.39, 0.29) is 23.3 Å². The molecule has 0 radical (unpaired) electrons. The standard InChI is InChI=1S/C23H27N3O2S/c1-3-4-6-11-17(2)24-21(27)16-29-23-25-20-15-10-9-14-19(20)22(28)26(23)18-12-7-5-8-13-18/h5,7-10,12-15,17H,3-4,6,11,16H2,1-2H3,(H,24,27). The zero-order valence-corrected chi connectivity index (χ0v) is 17.7. The summed E-state index contributed by atoms with van der Waals surface area (Å²) in [4.78, 5) is 30.2. The minimum Gasteiger partial charge on any atom is -0.353 e. The number of para-hydroxylation sites is 2. The highest BCUT2D eigenvalue weighted by atomic mass is 32.2. The first kappa shape index (κ1) is 21.1. The molecule has 2 aromatic carbocycles. The van der Waals surface area contributed by atoms with E-state index in [1.165, 1.54) is 24.6 Å². The Labute approximate surface area is 175 Å². The number of benzene rings is 2. The van der Waals surface area contributed by atoms with Gasteiger partial charge in [-0.3, -0.25) is 14.2 Å². The first-order valence-corrected chi connectivity index (χ1v) is 11.1. The summed E-state index contributed by atoms with van der Waals surface area (Å²) < 4.78 is 1.59. The maximum absolute atomic E-state index is 13.1. The van der Waals surface area contributed by atoms with Gasteiger partial charge in [-0.2, -0.15) is 0 Å². The highest BCUT2D eigenvalue weighted by Crippen LogP contribution is 2.21. The second-order valence-electron chi connectivity index (χ2n) is 7.14. The zero-order chi connectivity index (χ0) is 20.6. The van der Waals surface area contributed by atoms with Crippen LogP contribution in [-0.2, 0) is 4.79 Å². The molecule has 0 aliphatic heterocycles. The first-order chi connectivity index (χ1) is 14.1. The molecule has 1 N–H and O–H groups in total. The highest BCUT2D eigenvalue weighted by molar-refractivity contribution is 7.99. The van der Waals surface area contributed by atoms with E-state index in [1.807, 2.05) is 55.5 Å². The third-order valence-electron chi connectivity index (χ3n) is 4.74. The summed E-state index contributed by atoms with van der Waals surface area (Å²) in [5, 5.41) is 4.13. The van der Waals surface area contributed by atoms with Crippen molar-refractivity contribution in [3.8, 4) is 5.69 Å². The van der Waals surface area contributed by atoms with Gasteiger partial charge in [0.05, 0.1) is 22.3 Å². The molecule has 0 fully saturated rings. The van der Waals surface area contributed by atoms with E-state index >= 15 is 0 Å². The van der Waals surface area contributed by atoms with Crippen LogP contribution in [0.3, 0.4) is 0 Å². The Kier molecular flexibility index (Phi) is 7.47. The number of hydrogen-bond donors (Lipinski definition) is 1. The second-order valence-corrected chi connectivity index (χ2v) is 8.08. The summed E-state index contributed by atoms with van der Waals surface area (Å²) in [6.07, 6.45) is 4.44. The lowest BCUT2D eigenvalue weighted by Crippen LogP contribution is -2.34. The lowest BCUT2D eigenvalue weighted by atomic mass is 10.1. The normalized spacial score (nSPS) is 12.1. The summed E-state index contributed by atoms with van der Waals surface area (Å²) >= 11 is 1.29. The summed E-state index contributed by atoms with van der Waals surface area (Å²) in [6.45, 7) is 4.20. The number of aromatic nitrogens is 2. The molecule has 0 saturated heterocycles. The Morgan fingerprint density at radius 2 is 1.83 bits per heavy atom. The Morgan fingerprint density at radius 3 is 2.59 bits per heavy atom. The summed E-state index contributed by atoms with van der Waals surface area (Å²) in [5.41, 5.74) is 1.25. The van der Waals surface area contributed by atoms with Crippen LogP contribution in [0.4, 0.5) is 0 Å². The third-order valence-corrected chi connectivity index (χ3v) is 5.68. The number of nitrogens with zero attached hydrogens (tertiary/aromatic N) is 2. The van der Waals surface area contributed by atoms with E-state index < -0.39 is 0 Å². The molecule has 3 rings (SSSR count). The van der Waals surface area contributed by atoms with Crippen LogP contribution in [0.5, 0.6) is 0 Å². The molecular weight excluding hydrogens is 382 g/mol. The number of hydrogen-bond acceptors (Lipinski definition) is 4. The topological polar surface area (TPSA) is 64.0 Å². The summed E-state index contributed by atoms with van der Waals surface area (Å²) in [6, 6.07) is 16.9. The molecule has 0 bridgehead atoms. The van der Waals surface area contributed by atoms with Crippen molar-refractivity contribution >= 4 is 28.6 Å². The Balaban J connectivity index is 1.81. The number of carbonyl (C=O) groups is 1. The number of carbonyl (C=O) groups excluding carboxylic acids is 1. The largest absolute Gasteiger partial charge is 0.353 e. The molecule has 29 heavy (non-hydrogen) atoms. The van der Waals surface area contributed by atoms with Crippen molar-refractivity contribution in [2.45, 2.75) is 50.7 Å². The number of rotatable bonds is 9. The average Bonchev–Trinajstić information content (AvgIpc) is 2.73. The molecule has 5 nitrogen and oxygen atoms in total. The van der Waals surface area contributed by atoms with Gasteiger partial charge >= 0.3 is 0 Å². The predicted molar refractivity (Wildman–Crippen MR) is 120 cm³/mol. The van der Waals surface area contributed by atoms with E-state index in [2.05, 4.69) is 17.2 Å². The van der Waals surface area contributed by atoms with Gasteiger partial charge in [0.2, 0.25) is 5.91 Å². The van der Waals surface area contributed by atoms with Crippen LogP contribution in [0.15, 0.2) is 64.5 Å². The van der Waals surface area contributed by atoms with Crippen molar-refractivity contribution in [1.82, 2.24) is 14.9 Å². The van der Waals surface area contributed by atoms with Crippen molar-refractivity contribution in [2.24, 2.45) is 0 Å². The molecule has 1 aromatic heterocycles. The predicted octanol–water partition coefficient (Wildman–Crippen LogP) is 4.56. The van der Waals surface area contributed by atoms with E-state index in [0.717, 1.165) is 18.5 Å². The fraction of sp³-hybridized carbons (Fsp3) is 0.348. The maximum atomic E-state index is 13.1. The van der Waals surface area contributed by atoms with Crippen molar-refractivity contribution in [3.05, 3.63) is 65.0 Å². The van der Waals surface area contributed by atoms with Gasteiger partial charge in [0.25, 0.3) is 5.56 Å². The molecule has 1 heterocycles. The van der Waals surface area contributed by atoms with Gasteiger partial charge in [0, 0.05) is 6.04 Å². The van der Waals surface area contributed by atoms with Crippen molar-refractivity contribution < 1.29 is 4.79 Å². The lowest BCUT2D eigenvalue weighted by Gasteiger charge is -2.15. The molecule has 1 atom stereocenters. The van der Waals surface area contributed by atoms with E-state index in [9.17, 15) is 9.59 Å². The van der Waals surface area contributed by atoms with E-state index in [1.54, 1.807) is 10.6 Å². The Bertz CT molecular complexity index is 1020. The van der Waals surface area contributed by atoms with Crippen LogP contribution in [0, 0.1) is 0 Å². The molecule has 0 aliphatic carbocycles. The number of unbranched alkanes of at least 4 members (excludes halogenated alkanes) is 2.